The van der Waals surface area contributed by atoms with E-state index in [1.54, 1.807) is 29.2 Å². The van der Waals surface area contributed by atoms with Gasteiger partial charge in [-0.15, -0.1) is 6.58 Å². The van der Waals surface area contributed by atoms with Crippen LogP contribution in [0.3, 0.4) is 0 Å². The molecule has 0 bridgehead atoms. The molecule has 9 heteroatoms. The number of anilines is 1. The summed E-state index contributed by atoms with van der Waals surface area (Å²) in [4.78, 5) is 44.0. The summed E-state index contributed by atoms with van der Waals surface area (Å²) in [7, 11) is 0. The number of nitrogens with one attached hydrogen (secondary N) is 3. The van der Waals surface area contributed by atoms with Crippen molar-refractivity contribution in [3.8, 4) is 0 Å². The van der Waals surface area contributed by atoms with Gasteiger partial charge >= 0.3 is 0 Å². The maximum atomic E-state index is 13.9. The normalized spacial score (nSPS) is 17.1. The van der Waals surface area contributed by atoms with E-state index in [4.69, 9.17) is 11.6 Å². The number of carbonyl (C=O) groups is 3. The zero-order valence-corrected chi connectivity index (χ0v) is 24.3. The summed E-state index contributed by atoms with van der Waals surface area (Å²) in [6.45, 7) is 6.75. The van der Waals surface area contributed by atoms with Gasteiger partial charge in [-0.1, -0.05) is 66.2 Å². The molecule has 3 aromatic carbocycles. The first-order valence-corrected chi connectivity index (χ1v) is 14.7. The van der Waals surface area contributed by atoms with E-state index in [2.05, 4.69) is 33.5 Å². The Morgan fingerprint density at radius 2 is 1.64 bits per heavy atom. The summed E-state index contributed by atoms with van der Waals surface area (Å²) < 4.78 is 0. The average molecular weight is 586 g/mol. The highest BCUT2D eigenvalue weighted by atomic mass is 35.5. The quantitative estimate of drug-likeness (QED) is 0.335. The lowest BCUT2D eigenvalue weighted by molar-refractivity contribution is -0.137. The SMILES string of the molecule is C=CCNC(=O)c1ccccc1N1CCN(C(=O)C(Cc2ccc(Cl)cc2)NC(=O)C2Cc3ccccc3CN2)CC1. The number of rotatable bonds is 9. The Kier molecular flexibility index (Phi) is 9.56. The summed E-state index contributed by atoms with van der Waals surface area (Å²) in [6, 6.07) is 21.8. The molecule has 8 nitrogen and oxygen atoms in total. The third-order valence-electron chi connectivity index (χ3n) is 7.85. The van der Waals surface area contributed by atoms with Crippen LogP contribution in [-0.4, -0.2) is 67.4 Å². The number of halogens is 1. The van der Waals surface area contributed by atoms with Gasteiger partial charge in [-0.3, -0.25) is 14.4 Å². The van der Waals surface area contributed by atoms with E-state index in [-0.39, 0.29) is 17.7 Å². The topological polar surface area (TPSA) is 93.8 Å². The highest BCUT2D eigenvalue weighted by Gasteiger charge is 2.32. The second-order valence-corrected chi connectivity index (χ2v) is 11.1. The molecule has 1 saturated heterocycles. The molecule has 2 aliphatic rings. The molecule has 3 N–H and O–H groups in total. The van der Waals surface area contributed by atoms with Crippen LogP contribution >= 0.6 is 11.6 Å². The first-order chi connectivity index (χ1) is 20.4. The van der Waals surface area contributed by atoms with Gasteiger partial charge in [-0.2, -0.15) is 0 Å². The third kappa shape index (κ3) is 7.01. The van der Waals surface area contributed by atoms with Crippen molar-refractivity contribution in [2.24, 2.45) is 0 Å². The van der Waals surface area contributed by atoms with Gasteiger partial charge in [0.25, 0.3) is 5.91 Å². The number of nitrogens with zero attached hydrogens (tertiary/aromatic N) is 2. The molecule has 2 aliphatic heterocycles. The van der Waals surface area contributed by atoms with Crippen molar-refractivity contribution in [3.05, 3.63) is 113 Å². The first-order valence-electron chi connectivity index (χ1n) is 14.3. The van der Waals surface area contributed by atoms with Crippen molar-refractivity contribution in [1.29, 1.82) is 0 Å². The van der Waals surface area contributed by atoms with Crippen molar-refractivity contribution >= 4 is 35.0 Å². The van der Waals surface area contributed by atoms with Gasteiger partial charge in [-0.05, 0) is 47.4 Å². The summed E-state index contributed by atoms with van der Waals surface area (Å²) in [5.41, 5.74) is 4.67. The molecule has 5 rings (SSSR count). The monoisotopic (exact) mass is 585 g/mol. The summed E-state index contributed by atoms with van der Waals surface area (Å²) in [5.74, 6) is -0.463. The number of amides is 3. The smallest absolute Gasteiger partial charge is 0.253 e. The molecule has 0 radical (unpaired) electrons. The van der Waals surface area contributed by atoms with Gasteiger partial charge in [0, 0.05) is 56.4 Å². The van der Waals surface area contributed by atoms with E-state index < -0.39 is 12.1 Å². The van der Waals surface area contributed by atoms with E-state index in [0.717, 1.165) is 16.8 Å². The molecule has 3 aromatic rings. The van der Waals surface area contributed by atoms with Crippen LogP contribution in [0.4, 0.5) is 5.69 Å². The van der Waals surface area contributed by atoms with Crippen molar-refractivity contribution in [2.75, 3.05) is 37.6 Å². The molecule has 2 unspecified atom stereocenters. The minimum absolute atomic E-state index is 0.119. The van der Waals surface area contributed by atoms with Gasteiger partial charge in [0.05, 0.1) is 11.6 Å². The zero-order chi connectivity index (χ0) is 29.5. The second kappa shape index (κ2) is 13.7. The van der Waals surface area contributed by atoms with Gasteiger partial charge in [0.1, 0.15) is 6.04 Å². The zero-order valence-electron chi connectivity index (χ0n) is 23.5. The Bertz CT molecular complexity index is 1440. The Hall–Kier alpha value is -4.14. The molecule has 0 aliphatic carbocycles. The lowest BCUT2D eigenvalue weighted by atomic mass is 9.95. The largest absolute Gasteiger partial charge is 0.367 e. The standard InChI is InChI=1S/C33H36ClN5O3/c1-2-15-35-31(40)27-9-5-6-10-30(27)38-16-18-39(19-17-38)33(42)29(20-23-11-13-26(34)14-12-23)37-32(41)28-21-24-7-3-4-8-25(24)22-36-28/h2-14,28-29,36H,1,15-22H2,(H,35,40)(H,37,41). The minimum Gasteiger partial charge on any atom is -0.367 e. The highest BCUT2D eigenvalue weighted by Crippen LogP contribution is 2.23. The molecular formula is C33H36ClN5O3. The maximum absolute atomic E-state index is 13.9. The molecule has 42 heavy (non-hydrogen) atoms. The Balaban J connectivity index is 1.27. The Labute approximate surface area is 251 Å². The lowest BCUT2D eigenvalue weighted by Crippen LogP contribution is -2.58. The highest BCUT2D eigenvalue weighted by molar-refractivity contribution is 6.30. The van der Waals surface area contributed by atoms with Crippen molar-refractivity contribution in [2.45, 2.75) is 31.5 Å². The molecular weight excluding hydrogens is 550 g/mol. The van der Waals surface area contributed by atoms with Crippen LogP contribution < -0.4 is 20.9 Å². The molecule has 2 heterocycles. The Morgan fingerprint density at radius 1 is 0.952 bits per heavy atom. The molecule has 0 aromatic heterocycles. The van der Waals surface area contributed by atoms with E-state index >= 15 is 0 Å². The van der Waals surface area contributed by atoms with Gasteiger partial charge < -0.3 is 25.8 Å². The first kappa shape index (κ1) is 29.4. The fourth-order valence-electron chi connectivity index (χ4n) is 5.56. The molecule has 0 spiro atoms. The summed E-state index contributed by atoms with van der Waals surface area (Å²) >= 11 is 6.09. The number of para-hydroxylation sites is 1. The average Bonchev–Trinajstić information content (AvgIpc) is 3.03. The van der Waals surface area contributed by atoms with Crippen LogP contribution in [0.1, 0.15) is 27.0 Å². The lowest BCUT2D eigenvalue weighted by Gasteiger charge is -2.38. The number of hydrogen-bond acceptors (Lipinski definition) is 5. The maximum Gasteiger partial charge on any atom is 0.253 e. The fourth-order valence-corrected chi connectivity index (χ4v) is 5.68. The number of benzene rings is 3. The predicted molar refractivity (Wildman–Crippen MR) is 166 cm³/mol. The predicted octanol–water partition coefficient (Wildman–Crippen LogP) is 3.35. The summed E-state index contributed by atoms with van der Waals surface area (Å²) in [5, 5.41) is 9.85. The Morgan fingerprint density at radius 3 is 2.38 bits per heavy atom. The van der Waals surface area contributed by atoms with Crippen molar-refractivity contribution < 1.29 is 14.4 Å². The molecule has 218 valence electrons. The van der Waals surface area contributed by atoms with Crippen LogP contribution in [-0.2, 0) is 29.0 Å². The van der Waals surface area contributed by atoms with Crippen molar-refractivity contribution in [3.63, 3.8) is 0 Å². The van der Waals surface area contributed by atoms with Crippen LogP contribution in [0.25, 0.3) is 0 Å². The van der Waals surface area contributed by atoms with Crippen molar-refractivity contribution in [1.82, 2.24) is 20.9 Å². The van der Waals surface area contributed by atoms with Gasteiger partial charge in [0.15, 0.2) is 0 Å². The van der Waals surface area contributed by atoms with E-state index in [0.29, 0.717) is 62.7 Å². The number of piperazine rings is 1. The number of hydrogen-bond donors (Lipinski definition) is 3. The van der Waals surface area contributed by atoms with E-state index in [1.165, 1.54) is 5.56 Å². The number of fused-ring (bicyclic) bond motifs is 1. The third-order valence-corrected chi connectivity index (χ3v) is 8.11. The van der Waals surface area contributed by atoms with Gasteiger partial charge in [0.2, 0.25) is 11.8 Å². The minimum atomic E-state index is -0.721. The van der Waals surface area contributed by atoms with Crippen LogP contribution in [0.2, 0.25) is 5.02 Å². The molecule has 2 atom stereocenters. The summed E-state index contributed by atoms with van der Waals surface area (Å²) in [6.07, 6.45) is 2.58. The second-order valence-electron chi connectivity index (χ2n) is 10.6. The van der Waals surface area contributed by atoms with Gasteiger partial charge in [-0.25, -0.2) is 0 Å². The van der Waals surface area contributed by atoms with Crippen LogP contribution in [0, 0.1) is 0 Å². The molecule has 3 amide bonds. The van der Waals surface area contributed by atoms with E-state index in [9.17, 15) is 14.4 Å². The number of carbonyl (C=O) groups excluding carboxylic acids is 3. The molecule has 1 fully saturated rings. The fraction of sp³-hybridized carbons (Fsp3) is 0.303. The van der Waals surface area contributed by atoms with E-state index in [1.807, 2.05) is 48.5 Å². The van der Waals surface area contributed by atoms with Crippen LogP contribution in [0.5, 0.6) is 0 Å². The van der Waals surface area contributed by atoms with Crippen LogP contribution in [0.15, 0.2) is 85.5 Å². The molecule has 0 saturated carbocycles.